The molecule has 0 spiro atoms. The molecule has 18 heavy (non-hydrogen) atoms. The van der Waals surface area contributed by atoms with Crippen molar-refractivity contribution in [3.05, 3.63) is 49.6 Å². The Balaban J connectivity index is 2.05. The molecule has 0 amide bonds. The fraction of sp³-hybridized carbons (Fsp3) is 0. The lowest BCUT2D eigenvalue weighted by atomic mass is 10.1. The third-order valence-corrected chi connectivity index (χ3v) is 2.37. The van der Waals surface area contributed by atoms with Crippen molar-refractivity contribution >= 4 is 0 Å². The standard InChI is InChI=1S/C12H8N6/c1-2-9(11-15-5-13-6-16-11)4-10(3-1)12-17-7-14-8-18-12/h1-8H. The number of rotatable bonds is 2. The average Bonchev–Trinajstić information content (AvgIpc) is 2.49. The summed E-state index contributed by atoms with van der Waals surface area (Å²) in [6.45, 7) is 0. The van der Waals surface area contributed by atoms with Gasteiger partial charge in [-0.15, -0.1) is 0 Å². The minimum Gasteiger partial charge on any atom is -0.225 e. The van der Waals surface area contributed by atoms with Gasteiger partial charge < -0.3 is 0 Å². The maximum absolute atomic E-state index is 4.11. The zero-order valence-electron chi connectivity index (χ0n) is 9.30. The quantitative estimate of drug-likeness (QED) is 0.669. The van der Waals surface area contributed by atoms with E-state index < -0.39 is 0 Å². The van der Waals surface area contributed by atoms with Gasteiger partial charge in [-0.3, -0.25) is 0 Å². The Morgan fingerprint density at radius 1 is 0.611 bits per heavy atom. The Kier molecular flexibility index (Phi) is 2.67. The summed E-state index contributed by atoms with van der Waals surface area (Å²) in [5.74, 6) is 1.25. The van der Waals surface area contributed by atoms with E-state index in [0.717, 1.165) is 11.1 Å². The van der Waals surface area contributed by atoms with E-state index in [4.69, 9.17) is 0 Å². The van der Waals surface area contributed by atoms with Gasteiger partial charge in [0, 0.05) is 11.1 Å². The van der Waals surface area contributed by atoms with Crippen LogP contribution in [-0.4, -0.2) is 29.9 Å². The molecule has 0 fully saturated rings. The molecule has 3 rings (SSSR count). The molecule has 0 unspecified atom stereocenters. The van der Waals surface area contributed by atoms with Crippen LogP contribution in [0.5, 0.6) is 0 Å². The van der Waals surface area contributed by atoms with Gasteiger partial charge in [-0.2, -0.15) is 0 Å². The highest BCUT2D eigenvalue weighted by Gasteiger charge is 2.04. The van der Waals surface area contributed by atoms with Crippen molar-refractivity contribution in [3.8, 4) is 22.8 Å². The Morgan fingerprint density at radius 3 is 1.50 bits per heavy atom. The number of nitrogens with zero attached hydrogens (tertiary/aromatic N) is 6. The van der Waals surface area contributed by atoms with E-state index in [2.05, 4.69) is 29.9 Å². The molecule has 0 aliphatic carbocycles. The molecule has 2 heterocycles. The largest absolute Gasteiger partial charge is 0.225 e. The van der Waals surface area contributed by atoms with E-state index in [1.165, 1.54) is 25.3 Å². The van der Waals surface area contributed by atoms with Crippen LogP contribution in [0.3, 0.4) is 0 Å². The van der Waals surface area contributed by atoms with Gasteiger partial charge in [-0.25, -0.2) is 29.9 Å². The molecule has 6 nitrogen and oxygen atoms in total. The van der Waals surface area contributed by atoms with Crippen LogP contribution in [0.15, 0.2) is 49.6 Å². The van der Waals surface area contributed by atoms with E-state index >= 15 is 0 Å². The van der Waals surface area contributed by atoms with Gasteiger partial charge in [0.2, 0.25) is 0 Å². The maximum atomic E-state index is 4.11. The van der Waals surface area contributed by atoms with Crippen LogP contribution in [0.2, 0.25) is 0 Å². The zero-order chi connectivity index (χ0) is 12.2. The van der Waals surface area contributed by atoms with Crippen molar-refractivity contribution in [1.29, 1.82) is 0 Å². The normalized spacial score (nSPS) is 10.2. The Labute approximate surface area is 103 Å². The van der Waals surface area contributed by atoms with Crippen molar-refractivity contribution in [2.75, 3.05) is 0 Å². The molecule has 1 aromatic carbocycles. The molecule has 0 bridgehead atoms. The summed E-state index contributed by atoms with van der Waals surface area (Å²) >= 11 is 0. The summed E-state index contributed by atoms with van der Waals surface area (Å²) < 4.78 is 0. The number of hydrogen-bond acceptors (Lipinski definition) is 6. The molecule has 0 aliphatic rings. The molecule has 0 N–H and O–H groups in total. The first-order valence-corrected chi connectivity index (χ1v) is 5.28. The molecule has 0 atom stereocenters. The van der Waals surface area contributed by atoms with Gasteiger partial charge in [-0.05, 0) is 6.07 Å². The molecular weight excluding hydrogens is 228 g/mol. The van der Waals surface area contributed by atoms with E-state index in [1.807, 2.05) is 24.3 Å². The number of aromatic nitrogens is 6. The lowest BCUT2D eigenvalue weighted by molar-refractivity contribution is 1.05. The highest BCUT2D eigenvalue weighted by Crippen LogP contribution is 2.20. The van der Waals surface area contributed by atoms with Crippen molar-refractivity contribution in [2.45, 2.75) is 0 Å². The SMILES string of the molecule is c1cc(-c2ncncn2)cc(-c2ncncn2)c1. The second-order valence-corrected chi connectivity index (χ2v) is 3.50. The van der Waals surface area contributed by atoms with E-state index in [-0.39, 0.29) is 0 Å². The molecule has 86 valence electrons. The second-order valence-electron chi connectivity index (χ2n) is 3.50. The van der Waals surface area contributed by atoms with Gasteiger partial charge in [0.1, 0.15) is 25.3 Å². The molecule has 3 aromatic rings. The van der Waals surface area contributed by atoms with Crippen LogP contribution in [0.25, 0.3) is 22.8 Å². The third-order valence-electron chi connectivity index (χ3n) is 2.37. The first-order chi connectivity index (χ1) is 8.93. The Bertz CT molecular complexity index is 586. The summed E-state index contributed by atoms with van der Waals surface area (Å²) in [6.07, 6.45) is 5.88. The molecule has 0 aliphatic heterocycles. The van der Waals surface area contributed by atoms with Crippen LogP contribution in [0.1, 0.15) is 0 Å². The Hall–Kier alpha value is -2.76. The summed E-state index contributed by atoms with van der Waals surface area (Å²) in [4.78, 5) is 24.0. The monoisotopic (exact) mass is 236 g/mol. The van der Waals surface area contributed by atoms with Crippen LogP contribution >= 0.6 is 0 Å². The summed E-state index contributed by atoms with van der Waals surface area (Å²) in [7, 11) is 0. The van der Waals surface area contributed by atoms with Crippen molar-refractivity contribution in [3.63, 3.8) is 0 Å². The van der Waals surface area contributed by atoms with Crippen LogP contribution in [-0.2, 0) is 0 Å². The lowest BCUT2D eigenvalue weighted by Crippen LogP contribution is -1.92. The number of benzene rings is 1. The lowest BCUT2D eigenvalue weighted by Gasteiger charge is -2.02. The van der Waals surface area contributed by atoms with Crippen molar-refractivity contribution < 1.29 is 0 Å². The van der Waals surface area contributed by atoms with Gasteiger partial charge in [0.15, 0.2) is 11.6 Å². The minimum atomic E-state index is 0.626. The van der Waals surface area contributed by atoms with Gasteiger partial charge >= 0.3 is 0 Å². The fourth-order valence-corrected chi connectivity index (χ4v) is 1.57. The molecule has 6 heteroatoms. The predicted octanol–water partition coefficient (Wildman–Crippen LogP) is 1.39. The first kappa shape index (κ1) is 10.4. The molecule has 0 radical (unpaired) electrons. The molecule has 0 saturated carbocycles. The van der Waals surface area contributed by atoms with Gasteiger partial charge in [-0.1, -0.05) is 18.2 Å². The number of hydrogen-bond donors (Lipinski definition) is 0. The van der Waals surface area contributed by atoms with E-state index in [1.54, 1.807) is 0 Å². The van der Waals surface area contributed by atoms with Gasteiger partial charge in [0.05, 0.1) is 0 Å². The molecule has 2 aromatic heterocycles. The highest BCUT2D eigenvalue weighted by atomic mass is 15.0. The van der Waals surface area contributed by atoms with E-state index in [0.29, 0.717) is 11.6 Å². The van der Waals surface area contributed by atoms with Crippen LogP contribution in [0.4, 0.5) is 0 Å². The highest BCUT2D eigenvalue weighted by molar-refractivity contribution is 5.65. The van der Waals surface area contributed by atoms with Crippen molar-refractivity contribution in [2.24, 2.45) is 0 Å². The fourth-order valence-electron chi connectivity index (χ4n) is 1.57. The summed E-state index contributed by atoms with van der Waals surface area (Å²) in [5.41, 5.74) is 1.80. The summed E-state index contributed by atoms with van der Waals surface area (Å²) in [6, 6.07) is 7.71. The van der Waals surface area contributed by atoms with Crippen molar-refractivity contribution in [1.82, 2.24) is 29.9 Å². The smallest absolute Gasteiger partial charge is 0.162 e. The van der Waals surface area contributed by atoms with E-state index in [9.17, 15) is 0 Å². The average molecular weight is 236 g/mol. The van der Waals surface area contributed by atoms with Crippen LogP contribution in [0, 0.1) is 0 Å². The molecular formula is C12H8N6. The third kappa shape index (κ3) is 2.03. The zero-order valence-corrected chi connectivity index (χ0v) is 9.30. The second kappa shape index (κ2) is 4.62. The topological polar surface area (TPSA) is 77.3 Å². The predicted molar refractivity (Wildman–Crippen MR) is 64.1 cm³/mol. The minimum absolute atomic E-state index is 0.626. The van der Waals surface area contributed by atoms with Gasteiger partial charge in [0.25, 0.3) is 0 Å². The first-order valence-electron chi connectivity index (χ1n) is 5.28. The Morgan fingerprint density at radius 2 is 1.06 bits per heavy atom. The van der Waals surface area contributed by atoms with Crippen LogP contribution < -0.4 is 0 Å². The summed E-state index contributed by atoms with van der Waals surface area (Å²) in [5, 5.41) is 0. The maximum Gasteiger partial charge on any atom is 0.162 e. The molecule has 0 saturated heterocycles.